The lowest BCUT2D eigenvalue weighted by atomic mass is 10.1. The number of hydroxylamine groups is 1. The summed E-state index contributed by atoms with van der Waals surface area (Å²) in [6.45, 7) is 0. The molecular formula is C14H10F2N2O. The van der Waals surface area contributed by atoms with Gasteiger partial charge in [0, 0.05) is 5.56 Å². The van der Waals surface area contributed by atoms with Gasteiger partial charge in [0.05, 0.1) is 5.56 Å². The van der Waals surface area contributed by atoms with Gasteiger partial charge >= 0.3 is 0 Å². The second-order valence-corrected chi connectivity index (χ2v) is 4.06. The molecule has 0 amide bonds. The first-order valence-corrected chi connectivity index (χ1v) is 5.74. The van der Waals surface area contributed by atoms with Crippen LogP contribution in [0, 0.1) is 11.6 Å². The van der Waals surface area contributed by atoms with Crippen LogP contribution in [0.1, 0.15) is 17.4 Å². The third-order valence-corrected chi connectivity index (χ3v) is 2.80. The zero-order chi connectivity index (χ0) is 13.2. The van der Waals surface area contributed by atoms with Crippen LogP contribution in [0.2, 0.25) is 0 Å². The fourth-order valence-corrected chi connectivity index (χ4v) is 1.88. The third kappa shape index (κ3) is 2.20. The van der Waals surface area contributed by atoms with E-state index in [4.69, 9.17) is 4.84 Å². The van der Waals surface area contributed by atoms with E-state index < -0.39 is 17.9 Å². The maximum absolute atomic E-state index is 13.6. The first kappa shape index (κ1) is 11.8. The molecule has 2 aromatic carbocycles. The minimum atomic E-state index is -0.677. The topological polar surface area (TPSA) is 33.6 Å². The first-order chi connectivity index (χ1) is 9.25. The molecule has 1 aliphatic heterocycles. The van der Waals surface area contributed by atoms with E-state index in [9.17, 15) is 8.78 Å². The number of rotatable bonds is 2. The summed E-state index contributed by atoms with van der Waals surface area (Å²) in [5.74, 6) is -1.29. The summed E-state index contributed by atoms with van der Waals surface area (Å²) >= 11 is 0. The second kappa shape index (κ2) is 4.78. The molecule has 5 heteroatoms. The van der Waals surface area contributed by atoms with Crippen molar-refractivity contribution in [2.45, 2.75) is 6.23 Å². The maximum Gasteiger partial charge on any atom is 0.202 e. The Hall–Kier alpha value is -2.27. The lowest BCUT2D eigenvalue weighted by Gasteiger charge is -2.05. The summed E-state index contributed by atoms with van der Waals surface area (Å²) < 4.78 is 27.2. The number of nitrogens with one attached hydrogen (secondary N) is 1. The van der Waals surface area contributed by atoms with Crippen molar-refractivity contribution in [3.8, 4) is 0 Å². The highest BCUT2D eigenvalue weighted by molar-refractivity contribution is 5.99. The molecule has 0 aromatic heterocycles. The Morgan fingerprint density at radius 3 is 2.32 bits per heavy atom. The minimum absolute atomic E-state index is 0.0597. The number of aliphatic imine (C=N–C) groups is 1. The molecule has 1 unspecified atom stereocenters. The molecule has 3 nitrogen and oxygen atoms in total. The van der Waals surface area contributed by atoms with Crippen molar-refractivity contribution in [2.24, 2.45) is 4.99 Å². The van der Waals surface area contributed by atoms with E-state index in [2.05, 4.69) is 10.5 Å². The van der Waals surface area contributed by atoms with Gasteiger partial charge in [0.2, 0.25) is 6.23 Å². The molecule has 3 rings (SSSR count). The number of benzene rings is 2. The molecule has 1 N–H and O–H groups in total. The third-order valence-electron chi connectivity index (χ3n) is 2.80. The zero-order valence-corrected chi connectivity index (χ0v) is 9.81. The Bertz CT molecular complexity index is 608. The van der Waals surface area contributed by atoms with Crippen LogP contribution in [0.4, 0.5) is 8.78 Å². The van der Waals surface area contributed by atoms with Gasteiger partial charge in [-0.25, -0.2) is 24.1 Å². The lowest BCUT2D eigenvalue weighted by molar-refractivity contribution is 0.0376. The van der Waals surface area contributed by atoms with Gasteiger partial charge < -0.3 is 0 Å². The largest absolute Gasteiger partial charge is 0.246 e. The van der Waals surface area contributed by atoms with E-state index in [1.165, 1.54) is 18.2 Å². The van der Waals surface area contributed by atoms with Gasteiger partial charge in [-0.3, -0.25) is 0 Å². The summed E-state index contributed by atoms with van der Waals surface area (Å²) in [5.41, 5.74) is 3.07. The van der Waals surface area contributed by atoms with Crippen molar-refractivity contribution in [1.82, 2.24) is 5.48 Å². The molecule has 1 aliphatic rings. The van der Waals surface area contributed by atoms with Gasteiger partial charge in [-0.05, 0) is 12.1 Å². The Kier molecular flexibility index (Phi) is 2.97. The standard InChI is InChI=1S/C14H10F2N2O/c15-10-7-4-8-11(16)12(10)13-17-14(19-18-13)9-5-2-1-3-6-9/h1-8,14H,(H,17,18). The summed E-state index contributed by atoms with van der Waals surface area (Å²) in [5, 5.41) is 0. The SMILES string of the molecule is Fc1cccc(F)c1C1=NC(c2ccccc2)ON1. The molecule has 0 saturated carbocycles. The Labute approximate surface area is 108 Å². The van der Waals surface area contributed by atoms with Crippen LogP contribution in [-0.4, -0.2) is 5.84 Å². The molecule has 0 radical (unpaired) electrons. The van der Waals surface area contributed by atoms with Crippen LogP contribution in [0.5, 0.6) is 0 Å². The predicted octanol–water partition coefficient (Wildman–Crippen LogP) is 2.95. The molecule has 1 heterocycles. The van der Waals surface area contributed by atoms with E-state index in [1.54, 1.807) is 0 Å². The molecule has 0 spiro atoms. The molecule has 2 aromatic rings. The summed E-state index contributed by atoms with van der Waals surface area (Å²) in [4.78, 5) is 9.38. The molecule has 0 bridgehead atoms. The minimum Gasteiger partial charge on any atom is -0.246 e. The lowest BCUT2D eigenvalue weighted by Crippen LogP contribution is -2.20. The highest BCUT2D eigenvalue weighted by Gasteiger charge is 2.24. The molecule has 0 aliphatic carbocycles. The first-order valence-electron chi connectivity index (χ1n) is 5.74. The van der Waals surface area contributed by atoms with Gasteiger partial charge in [-0.2, -0.15) is 0 Å². The molecule has 19 heavy (non-hydrogen) atoms. The molecule has 0 fully saturated rings. The predicted molar refractivity (Wildman–Crippen MR) is 66.3 cm³/mol. The van der Waals surface area contributed by atoms with Crippen molar-refractivity contribution in [2.75, 3.05) is 0 Å². The number of halogens is 2. The average Bonchev–Trinajstić information content (AvgIpc) is 2.89. The second-order valence-electron chi connectivity index (χ2n) is 4.06. The van der Waals surface area contributed by atoms with Crippen molar-refractivity contribution in [1.29, 1.82) is 0 Å². The van der Waals surface area contributed by atoms with Crippen molar-refractivity contribution < 1.29 is 13.6 Å². The highest BCUT2D eigenvalue weighted by Crippen LogP contribution is 2.24. The average molecular weight is 260 g/mol. The number of hydrogen-bond acceptors (Lipinski definition) is 3. The molecule has 0 saturated heterocycles. The van der Waals surface area contributed by atoms with Crippen LogP contribution in [-0.2, 0) is 4.84 Å². The van der Waals surface area contributed by atoms with Crippen LogP contribution in [0.3, 0.4) is 0 Å². The fraction of sp³-hybridized carbons (Fsp3) is 0.0714. The number of amidine groups is 1. The summed E-state index contributed by atoms with van der Waals surface area (Å²) in [6.07, 6.45) is -0.602. The molecular weight excluding hydrogens is 250 g/mol. The maximum atomic E-state index is 13.6. The Morgan fingerprint density at radius 1 is 0.947 bits per heavy atom. The van der Waals surface area contributed by atoms with Crippen molar-refractivity contribution in [3.05, 3.63) is 71.3 Å². The Morgan fingerprint density at radius 2 is 1.63 bits per heavy atom. The van der Waals surface area contributed by atoms with Gasteiger partial charge in [-0.15, -0.1) is 0 Å². The smallest absolute Gasteiger partial charge is 0.202 e. The van der Waals surface area contributed by atoms with Crippen LogP contribution in [0.15, 0.2) is 53.5 Å². The number of hydrogen-bond donors (Lipinski definition) is 1. The summed E-state index contributed by atoms with van der Waals surface area (Å²) in [7, 11) is 0. The van der Waals surface area contributed by atoms with Crippen LogP contribution < -0.4 is 5.48 Å². The normalized spacial score (nSPS) is 18.0. The van der Waals surface area contributed by atoms with E-state index in [-0.39, 0.29) is 11.4 Å². The van der Waals surface area contributed by atoms with Crippen LogP contribution in [0.25, 0.3) is 0 Å². The summed E-state index contributed by atoms with van der Waals surface area (Å²) in [6, 6.07) is 12.9. The van der Waals surface area contributed by atoms with Gasteiger partial charge in [0.15, 0.2) is 5.84 Å². The van der Waals surface area contributed by atoms with E-state index >= 15 is 0 Å². The van der Waals surface area contributed by atoms with E-state index in [0.717, 1.165) is 5.56 Å². The molecule has 1 atom stereocenters. The number of nitrogens with zero attached hydrogens (tertiary/aromatic N) is 1. The fourth-order valence-electron chi connectivity index (χ4n) is 1.88. The van der Waals surface area contributed by atoms with E-state index in [0.29, 0.717) is 0 Å². The van der Waals surface area contributed by atoms with Gasteiger partial charge in [-0.1, -0.05) is 36.4 Å². The van der Waals surface area contributed by atoms with Crippen molar-refractivity contribution >= 4 is 5.84 Å². The monoisotopic (exact) mass is 260 g/mol. The highest BCUT2D eigenvalue weighted by atomic mass is 19.1. The Balaban J connectivity index is 1.96. The van der Waals surface area contributed by atoms with Crippen molar-refractivity contribution in [3.63, 3.8) is 0 Å². The molecule has 96 valence electrons. The van der Waals surface area contributed by atoms with Gasteiger partial charge in [0.1, 0.15) is 11.6 Å². The van der Waals surface area contributed by atoms with E-state index in [1.807, 2.05) is 30.3 Å². The van der Waals surface area contributed by atoms with Crippen LogP contribution >= 0.6 is 0 Å². The van der Waals surface area contributed by atoms with Gasteiger partial charge in [0.25, 0.3) is 0 Å². The quantitative estimate of drug-likeness (QED) is 0.900. The zero-order valence-electron chi connectivity index (χ0n) is 9.81.